The Kier molecular flexibility index (Phi) is 2.66. The van der Waals surface area contributed by atoms with Gasteiger partial charge in [0.2, 0.25) is 0 Å². The predicted octanol–water partition coefficient (Wildman–Crippen LogP) is 1.95. The molecule has 2 rings (SSSR count). The summed E-state index contributed by atoms with van der Waals surface area (Å²) in [5, 5.41) is 10.2. The molecule has 0 aliphatic heterocycles. The monoisotopic (exact) mass is 224 g/mol. The van der Waals surface area contributed by atoms with Crippen molar-refractivity contribution in [2.75, 3.05) is 5.73 Å². The Morgan fingerprint density at radius 1 is 1.40 bits per heavy atom. The highest BCUT2D eigenvalue weighted by Gasteiger charge is 2.16. The number of nitrogens with zero attached hydrogens (tertiary/aromatic N) is 1. The Hall–Kier alpha value is -1.46. The Morgan fingerprint density at radius 3 is 2.73 bits per heavy atom. The molecule has 2 aromatic rings. The maximum atomic E-state index is 13.3. The van der Waals surface area contributed by atoms with Crippen molar-refractivity contribution in [3.63, 3.8) is 0 Å². The molecule has 0 amide bonds. The lowest BCUT2D eigenvalue weighted by atomic mass is 10.1. The van der Waals surface area contributed by atoms with Gasteiger partial charge in [0.25, 0.3) is 0 Å². The Bertz CT molecular complexity index is 472. The molecular formula is C10H9FN2OS. The Morgan fingerprint density at radius 2 is 2.13 bits per heavy atom. The molecule has 0 aliphatic rings. The zero-order chi connectivity index (χ0) is 10.8. The lowest BCUT2D eigenvalue weighted by Crippen LogP contribution is -1.99. The molecule has 0 bridgehead atoms. The van der Waals surface area contributed by atoms with Gasteiger partial charge in [0.15, 0.2) is 5.13 Å². The molecule has 3 N–H and O–H groups in total. The minimum atomic E-state index is -0.999. The summed E-state index contributed by atoms with van der Waals surface area (Å²) < 4.78 is 13.3. The molecule has 0 aliphatic carbocycles. The molecule has 78 valence electrons. The highest BCUT2D eigenvalue weighted by Crippen LogP contribution is 2.28. The van der Waals surface area contributed by atoms with E-state index in [9.17, 15) is 9.50 Å². The smallest absolute Gasteiger partial charge is 0.180 e. The first kappa shape index (κ1) is 10.1. The summed E-state index contributed by atoms with van der Waals surface area (Å²) >= 11 is 1.15. The molecule has 0 saturated heterocycles. The molecule has 0 spiro atoms. The van der Waals surface area contributed by atoms with Gasteiger partial charge in [-0.3, -0.25) is 0 Å². The molecule has 5 heteroatoms. The third-order valence-corrected chi connectivity index (χ3v) is 2.89. The molecule has 1 heterocycles. The van der Waals surface area contributed by atoms with Crippen LogP contribution >= 0.6 is 11.3 Å². The normalized spacial score (nSPS) is 12.7. The molecule has 1 atom stereocenters. The van der Waals surface area contributed by atoms with Crippen molar-refractivity contribution in [2.24, 2.45) is 0 Å². The highest BCUT2D eigenvalue weighted by molar-refractivity contribution is 7.15. The molecule has 0 saturated carbocycles. The van der Waals surface area contributed by atoms with E-state index in [1.165, 1.54) is 18.3 Å². The first-order valence-corrected chi connectivity index (χ1v) is 5.14. The largest absolute Gasteiger partial charge is 0.383 e. The molecule has 0 radical (unpaired) electrons. The average Bonchev–Trinajstić information content (AvgIpc) is 2.65. The van der Waals surface area contributed by atoms with Crippen LogP contribution in [0.1, 0.15) is 16.5 Å². The van der Waals surface area contributed by atoms with Gasteiger partial charge in [-0.1, -0.05) is 29.5 Å². The van der Waals surface area contributed by atoms with Crippen LogP contribution in [0.15, 0.2) is 30.5 Å². The summed E-state index contributed by atoms with van der Waals surface area (Å²) in [6.45, 7) is 0. The average molecular weight is 224 g/mol. The van der Waals surface area contributed by atoms with E-state index in [0.717, 1.165) is 11.3 Å². The first-order valence-electron chi connectivity index (χ1n) is 4.32. The van der Waals surface area contributed by atoms with Crippen LogP contribution in [0.2, 0.25) is 0 Å². The second kappa shape index (κ2) is 3.96. The summed E-state index contributed by atoms with van der Waals surface area (Å²) in [4.78, 5) is 4.35. The summed E-state index contributed by atoms with van der Waals surface area (Å²) in [7, 11) is 0. The van der Waals surface area contributed by atoms with Crippen molar-refractivity contribution in [3.05, 3.63) is 46.7 Å². The van der Waals surface area contributed by atoms with E-state index in [2.05, 4.69) is 4.98 Å². The molecule has 0 fully saturated rings. The fourth-order valence-electron chi connectivity index (χ4n) is 1.28. The number of thiazole rings is 1. The number of aliphatic hydroxyl groups excluding tert-OH is 1. The van der Waals surface area contributed by atoms with Crippen LogP contribution in [0, 0.1) is 5.82 Å². The van der Waals surface area contributed by atoms with Crippen molar-refractivity contribution in [1.82, 2.24) is 4.98 Å². The van der Waals surface area contributed by atoms with Crippen LogP contribution < -0.4 is 5.73 Å². The van der Waals surface area contributed by atoms with Crippen molar-refractivity contribution < 1.29 is 9.50 Å². The molecule has 1 aromatic heterocycles. The molecule has 1 aromatic carbocycles. The van der Waals surface area contributed by atoms with Crippen LogP contribution in [-0.2, 0) is 0 Å². The number of aromatic nitrogens is 1. The number of anilines is 1. The molecule has 15 heavy (non-hydrogen) atoms. The number of nitrogen functional groups attached to an aromatic ring is 1. The number of benzene rings is 1. The lowest BCUT2D eigenvalue weighted by molar-refractivity contribution is 0.218. The van der Waals surface area contributed by atoms with Crippen molar-refractivity contribution >= 4 is 16.5 Å². The highest BCUT2D eigenvalue weighted by atomic mass is 32.1. The topological polar surface area (TPSA) is 59.1 Å². The molecular weight excluding hydrogens is 215 g/mol. The standard InChI is InChI=1S/C10H9FN2OS/c11-7-4-2-1-3-6(7)9(14)8-5-13-10(12)15-8/h1-5,9,14H,(H2,12,13). The van der Waals surface area contributed by atoms with Gasteiger partial charge in [0.1, 0.15) is 11.9 Å². The van der Waals surface area contributed by atoms with Crippen LogP contribution in [0.3, 0.4) is 0 Å². The van der Waals surface area contributed by atoms with E-state index < -0.39 is 11.9 Å². The van der Waals surface area contributed by atoms with Gasteiger partial charge < -0.3 is 10.8 Å². The minimum Gasteiger partial charge on any atom is -0.383 e. The summed E-state index contributed by atoms with van der Waals surface area (Å²) in [5.74, 6) is -0.433. The summed E-state index contributed by atoms with van der Waals surface area (Å²) in [6, 6.07) is 6.09. The van der Waals surface area contributed by atoms with Gasteiger partial charge in [0, 0.05) is 11.8 Å². The summed E-state index contributed by atoms with van der Waals surface area (Å²) in [6.07, 6.45) is 0.456. The van der Waals surface area contributed by atoms with Crippen LogP contribution in [0.5, 0.6) is 0 Å². The minimum absolute atomic E-state index is 0.237. The van der Waals surface area contributed by atoms with Gasteiger partial charge in [-0.25, -0.2) is 9.37 Å². The summed E-state index contributed by atoms with van der Waals surface area (Å²) in [5.41, 5.74) is 5.67. The van der Waals surface area contributed by atoms with E-state index >= 15 is 0 Å². The number of nitrogens with two attached hydrogens (primary N) is 1. The molecule has 1 unspecified atom stereocenters. The Balaban J connectivity index is 2.36. The number of halogens is 1. The number of hydrogen-bond donors (Lipinski definition) is 2. The molecule has 3 nitrogen and oxygen atoms in total. The van der Waals surface area contributed by atoms with E-state index in [-0.39, 0.29) is 5.56 Å². The fourth-order valence-corrected chi connectivity index (χ4v) is 1.97. The van der Waals surface area contributed by atoms with Crippen LogP contribution in [0.4, 0.5) is 9.52 Å². The van der Waals surface area contributed by atoms with E-state index in [0.29, 0.717) is 10.0 Å². The zero-order valence-corrected chi connectivity index (χ0v) is 8.54. The SMILES string of the molecule is Nc1ncc(C(O)c2ccccc2F)s1. The second-order valence-electron chi connectivity index (χ2n) is 3.02. The van der Waals surface area contributed by atoms with Crippen molar-refractivity contribution in [1.29, 1.82) is 0 Å². The predicted molar refractivity (Wildman–Crippen MR) is 57.0 cm³/mol. The van der Waals surface area contributed by atoms with Gasteiger partial charge in [-0.15, -0.1) is 0 Å². The van der Waals surface area contributed by atoms with Crippen molar-refractivity contribution in [2.45, 2.75) is 6.10 Å². The van der Waals surface area contributed by atoms with Gasteiger partial charge in [-0.05, 0) is 6.07 Å². The van der Waals surface area contributed by atoms with E-state index in [4.69, 9.17) is 5.73 Å². The van der Waals surface area contributed by atoms with E-state index in [1.807, 2.05) is 0 Å². The maximum absolute atomic E-state index is 13.3. The number of hydrogen-bond acceptors (Lipinski definition) is 4. The van der Waals surface area contributed by atoms with Gasteiger partial charge >= 0.3 is 0 Å². The Labute approximate surface area is 90.0 Å². The fraction of sp³-hybridized carbons (Fsp3) is 0.100. The quantitative estimate of drug-likeness (QED) is 0.819. The number of rotatable bonds is 2. The second-order valence-corrected chi connectivity index (χ2v) is 4.12. The van der Waals surface area contributed by atoms with Gasteiger partial charge in [0.05, 0.1) is 4.88 Å². The first-order chi connectivity index (χ1) is 7.18. The van der Waals surface area contributed by atoms with E-state index in [1.54, 1.807) is 12.1 Å². The lowest BCUT2D eigenvalue weighted by Gasteiger charge is -2.08. The third-order valence-electron chi connectivity index (χ3n) is 2.01. The van der Waals surface area contributed by atoms with Crippen LogP contribution in [-0.4, -0.2) is 10.1 Å². The third kappa shape index (κ3) is 1.98. The van der Waals surface area contributed by atoms with Crippen LogP contribution in [0.25, 0.3) is 0 Å². The van der Waals surface area contributed by atoms with Gasteiger partial charge in [-0.2, -0.15) is 0 Å². The number of aliphatic hydroxyl groups is 1. The maximum Gasteiger partial charge on any atom is 0.180 e. The zero-order valence-electron chi connectivity index (χ0n) is 7.72. The van der Waals surface area contributed by atoms with Crippen molar-refractivity contribution in [3.8, 4) is 0 Å².